The number of nitriles is 1. The smallest absolute Gasteiger partial charge is 0.293 e. The van der Waals surface area contributed by atoms with Crippen molar-refractivity contribution in [3.63, 3.8) is 0 Å². The van der Waals surface area contributed by atoms with E-state index in [1.54, 1.807) is 0 Å². The summed E-state index contributed by atoms with van der Waals surface area (Å²) in [5.74, 6) is 0. The molecule has 1 atom stereocenters. The Kier molecular flexibility index (Phi) is 5.08. The van der Waals surface area contributed by atoms with Crippen LogP contribution < -0.4 is 5.32 Å². The molecule has 0 amide bonds. The number of nitro benzene ring substituents is 1. The highest BCUT2D eigenvalue weighted by Crippen LogP contribution is 2.26. The molecule has 0 radical (unpaired) electrons. The van der Waals surface area contributed by atoms with Gasteiger partial charge in [-0.3, -0.25) is 10.1 Å². The van der Waals surface area contributed by atoms with Gasteiger partial charge in [-0.25, -0.2) is 0 Å². The van der Waals surface area contributed by atoms with Gasteiger partial charge in [-0.1, -0.05) is 0 Å². The molecule has 1 unspecified atom stereocenters. The maximum absolute atomic E-state index is 10.9. The third kappa shape index (κ3) is 3.71. The summed E-state index contributed by atoms with van der Waals surface area (Å²) >= 11 is 0. The summed E-state index contributed by atoms with van der Waals surface area (Å²) in [5.41, 5.74) is 0.546. The fourth-order valence-electron chi connectivity index (χ4n) is 1.61. The van der Waals surface area contributed by atoms with Crippen molar-refractivity contribution >= 4 is 11.4 Å². The van der Waals surface area contributed by atoms with Crippen LogP contribution in [0.15, 0.2) is 18.2 Å². The molecule has 2 N–H and O–H groups in total. The number of nitro groups is 1. The van der Waals surface area contributed by atoms with E-state index in [2.05, 4.69) is 5.32 Å². The van der Waals surface area contributed by atoms with E-state index >= 15 is 0 Å². The van der Waals surface area contributed by atoms with Crippen LogP contribution in [0.4, 0.5) is 11.4 Å². The van der Waals surface area contributed by atoms with Gasteiger partial charge >= 0.3 is 0 Å². The molecule has 6 nitrogen and oxygen atoms in total. The Morgan fingerprint density at radius 2 is 2.33 bits per heavy atom. The Labute approximate surface area is 105 Å². The zero-order valence-electron chi connectivity index (χ0n) is 10.1. The Balaban J connectivity index is 2.88. The van der Waals surface area contributed by atoms with Gasteiger partial charge in [0, 0.05) is 18.7 Å². The molecule has 96 valence electrons. The van der Waals surface area contributed by atoms with E-state index in [1.807, 2.05) is 13.0 Å². The van der Waals surface area contributed by atoms with Crippen LogP contribution in [0.25, 0.3) is 0 Å². The van der Waals surface area contributed by atoms with Crippen LogP contribution >= 0.6 is 0 Å². The van der Waals surface area contributed by atoms with Gasteiger partial charge in [0.1, 0.15) is 5.69 Å². The first-order valence-corrected chi connectivity index (χ1v) is 5.64. The first kappa shape index (κ1) is 13.9. The van der Waals surface area contributed by atoms with E-state index in [-0.39, 0.29) is 23.9 Å². The van der Waals surface area contributed by atoms with Gasteiger partial charge in [0.05, 0.1) is 16.6 Å². The average Bonchev–Trinajstić information content (AvgIpc) is 2.36. The first-order valence-electron chi connectivity index (χ1n) is 5.64. The monoisotopic (exact) mass is 249 g/mol. The van der Waals surface area contributed by atoms with Gasteiger partial charge in [0.25, 0.3) is 5.69 Å². The second kappa shape index (κ2) is 6.57. The summed E-state index contributed by atoms with van der Waals surface area (Å²) in [4.78, 5) is 10.4. The molecule has 0 fully saturated rings. The Morgan fingerprint density at radius 1 is 1.61 bits per heavy atom. The molecule has 0 bridgehead atoms. The van der Waals surface area contributed by atoms with Crippen LogP contribution in [-0.2, 0) is 0 Å². The lowest BCUT2D eigenvalue weighted by Crippen LogP contribution is -2.16. The van der Waals surface area contributed by atoms with Gasteiger partial charge in [-0.2, -0.15) is 5.26 Å². The third-order valence-corrected chi connectivity index (χ3v) is 2.52. The van der Waals surface area contributed by atoms with Crippen molar-refractivity contribution in [2.75, 3.05) is 11.9 Å². The van der Waals surface area contributed by atoms with Crippen LogP contribution in [0.5, 0.6) is 0 Å². The van der Waals surface area contributed by atoms with Crippen molar-refractivity contribution in [3.8, 4) is 6.07 Å². The topological polar surface area (TPSA) is 99.2 Å². The highest BCUT2D eigenvalue weighted by atomic mass is 16.6. The van der Waals surface area contributed by atoms with Gasteiger partial charge in [0.15, 0.2) is 0 Å². The Bertz CT molecular complexity index is 468. The minimum Gasteiger partial charge on any atom is -0.396 e. The number of nitrogens with one attached hydrogen (secondary N) is 1. The van der Waals surface area contributed by atoms with Crippen molar-refractivity contribution in [1.82, 2.24) is 0 Å². The quantitative estimate of drug-likeness (QED) is 0.593. The molecular formula is C12H15N3O3. The molecule has 0 spiro atoms. The lowest BCUT2D eigenvalue weighted by molar-refractivity contribution is -0.384. The fourth-order valence-corrected chi connectivity index (χ4v) is 1.61. The third-order valence-electron chi connectivity index (χ3n) is 2.52. The molecule has 6 heteroatoms. The molecule has 18 heavy (non-hydrogen) atoms. The Hall–Kier alpha value is -2.13. The van der Waals surface area contributed by atoms with Gasteiger partial charge in [0.2, 0.25) is 0 Å². The van der Waals surface area contributed by atoms with Gasteiger partial charge in [-0.15, -0.1) is 0 Å². The molecular weight excluding hydrogens is 234 g/mol. The molecule has 0 saturated carbocycles. The number of rotatable bonds is 6. The van der Waals surface area contributed by atoms with Crippen LogP contribution in [0, 0.1) is 21.4 Å². The predicted molar refractivity (Wildman–Crippen MR) is 67.2 cm³/mol. The number of hydrogen-bond donors (Lipinski definition) is 2. The molecule has 0 aromatic heterocycles. The maximum Gasteiger partial charge on any atom is 0.293 e. The largest absolute Gasteiger partial charge is 0.396 e. The summed E-state index contributed by atoms with van der Waals surface area (Å²) < 4.78 is 0. The molecule has 1 aromatic rings. The van der Waals surface area contributed by atoms with Crippen molar-refractivity contribution in [2.45, 2.75) is 25.8 Å². The lowest BCUT2D eigenvalue weighted by Gasteiger charge is -2.14. The van der Waals surface area contributed by atoms with Gasteiger partial charge < -0.3 is 10.4 Å². The van der Waals surface area contributed by atoms with E-state index in [0.717, 1.165) is 0 Å². The van der Waals surface area contributed by atoms with Crippen LogP contribution in [0.3, 0.4) is 0 Å². The van der Waals surface area contributed by atoms with E-state index in [0.29, 0.717) is 18.5 Å². The Morgan fingerprint density at radius 3 is 2.89 bits per heavy atom. The van der Waals surface area contributed by atoms with Crippen molar-refractivity contribution in [1.29, 1.82) is 5.26 Å². The molecule has 0 aliphatic rings. The summed E-state index contributed by atoms with van der Waals surface area (Å²) in [6.07, 6.45) is 1.35. The maximum atomic E-state index is 10.9. The van der Waals surface area contributed by atoms with E-state index in [9.17, 15) is 10.1 Å². The first-order chi connectivity index (χ1) is 8.58. The minimum absolute atomic E-state index is 0.0174. The van der Waals surface area contributed by atoms with E-state index in [1.165, 1.54) is 18.2 Å². The zero-order chi connectivity index (χ0) is 13.5. The van der Waals surface area contributed by atoms with Crippen molar-refractivity contribution < 1.29 is 10.0 Å². The highest BCUT2D eigenvalue weighted by molar-refractivity contribution is 5.64. The average molecular weight is 249 g/mol. The van der Waals surface area contributed by atoms with Crippen LogP contribution in [0.2, 0.25) is 0 Å². The van der Waals surface area contributed by atoms with Crippen LogP contribution in [0.1, 0.15) is 25.3 Å². The lowest BCUT2D eigenvalue weighted by atomic mass is 10.1. The molecule has 1 aromatic carbocycles. The molecule has 0 saturated heterocycles. The fraction of sp³-hybridized carbons (Fsp3) is 0.417. The molecule has 0 heterocycles. The number of aliphatic hydroxyl groups is 1. The second-order valence-electron chi connectivity index (χ2n) is 4.01. The molecule has 0 aliphatic carbocycles. The zero-order valence-corrected chi connectivity index (χ0v) is 10.1. The van der Waals surface area contributed by atoms with Gasteiger partial charge in [-0.05, 0) is 31.9 Å². The van der Waals surface area contributed by atoms with E-state index < -0.39 is 4.92 Å². The number of anilines is 1. The normalized spacial score (nSPS) is 11.6. The summed E-state index contributed by atoms with van der Waals surface area (Å²) in [6.45, 7) is 1.99. The highest BCUT2D eigenvalue weighted by Gasteiger charge is 2.16. The number of nitrogens with zero attached hydrogens (tertiary/aromatic N) is 2. The summed E-state index contributed by atoms with van der Waals surface area (Å²) in [7, 11) is 0. The van der Waals surface area contributed by atoms with Crippen molar-refractivity contribution in [2.24, 2.45) is 0 Å². The van der Waals surface area contributed by atoms with Crippen molar-refractivity contribution in [3.05, 3.63) is 33.9 Å². The van der Waals surface area contributed by atoms with E-state index in [4.69, 9.17) is 10.4 Å². The molecule has 1 rings (SSSR count). The van der Waals surface area contributed by atoms with Crippen LogP contribution in [-0.4, -0.2) is 22.7 Å². The SMILES string of the molecule is CC(CCCO)Nc1ccc(C#N)cc1[N+](=O)[O-]. The second-order valence-corrected chi connectivity index (χ2v) is 4.01. The summed E-state index contributed by atoms with van der Waals surface area (Å²) in [5, 5.41) is 31.3. The predicted octanol–water partition coefficient (Wildman–Crippen LogP) is 2.04. The number of benzene rings is 1. The molecule has 0 aliphatic heterocycles. The minimum atomic E-state index is -0.512. The summed E-state index contributed by atoms with van der Waals surface area (Å²) in [6, 6.07) is 6.21. The standard InChI is InChI=1S/C12H15N3O3/c1-9(3-2-6-16)14-11-5-4-10(8-13)7-12(11)15(17)18/h4-5,7,9,14,16H,2-3,6H2,1H3. The number of hydrogen-bond acceptors (Lipinski definition) is 5. The number of aliphatic hydroxyl groups excluding tert-OH is 1.